The second-order valence-electron chi connectivity index (χ2n) is 4.92. The van der Waals surface area contributed by atoms with E-state index >= 15 is 0 Å². The van der Waals surface area contributed by atoms with Gasteiger partial charge in [-0.05, 0) is 39.7 Å². The summed E-state index contributed by atoms with van der Waals surface area (Å²) < 4.78 is 4.98. The molecule has 0 aromatic carbocycles. The van der Waals surface area contributed by atoms with Crippen molar-refractivity contribution in [3.8, 4) is 0 Å². The summed E-state index contributed by atoms with van der Waals surface area (Å²) in [5.74, 6) is 0.883. The number of rotatable bonds is 7. The topological polar surface area (TPSA) is 41.6 Å². The summed E-state index contributed by atoms with van der Waals surface area (Å²) in [5.41, 5.74) is 0. The number of methoxy groups -OCH3 is 1. The molecule has 1 aliphatic carbocycles. The highest BCUT2D eigenvalue weighted by molar-refractivity contribution is 5.78. The van der Waals surface area contributed by atoms with E-state index in [1.165, 1.54) is 12.8 Å². The maximum Gasteiger partial charge on any atom is 0.234 e. The van der Waals surface area contributed by atoms with E-state index in [-0.39, 0.29) is 11.9 Å². The lowest BCUT2D eigenvalue weighted by molar-refractivity contribution is -0.123. The number of ether oxygens (including phenoxy) is 1. The quantitative estimate of drug-likeness (QED) is 0.703. The summed E-state index contributed by atoms with van der Waals surface area (Å²) in [7, 11) is 3.66. The Bertz CT molecular complexity index is 229. The summed E-state index contributed by atoms with van der Waals surface area (Å²) >= 11 is 0. The summed E-state index contributed by atoms with van der Waals surface area (Å²) in [6.45, 7) is 5.19. The van der Waals surface area contributed by atoms with Crippen LogP contribution in [-0.2, 0) is 9.53 Å². The Morgan fingerprint density at radius 2 is 2.12 bits per heavy atom. The molecule has 1 rings (SSSR count). The molecule has 1 N–H and O–H groups in total. The highest BCUT2D eigenvalue weighted by atomic mass is 16.5. The number of hydrogen-bond donors (Lipinski definition) is 1. The molecule has 4 nitrogen and oxygen atoms in total. The van der Waals surface area contributed by atoms with Gasteiger partial charge in [-0.1, -0.05) is 0 Å². The first-order valence-corrected chi connectivity index (χ1v) is 6.03. The van der Waals surface area contributed by atoms with Crippen LogP contribution in [0.4, 0.5) is 0 Å². The minimum atomic E-state index is 0.0829. The smallest absolute Gasteiger partial charge is 0.234 e. The Labute approximate surface area is 98.3 Å². The largest absolute Gasteiger partial charge is 0.383 e. The molecule has 1 fully saturated rings. The molecule has 0 bridgehead atoms. The van der Waals surface area contributed by atoms with E-state index in [0.29, 0.717) is 19.2 Å². The van der Waals surface area contributed by atoms with E-state index < -0.39 is 0 Å². The molecule has 0 aliphatic heterocycles. The van der Waals surface area contributed by atoms with Gasteiger partial charge in [0.1, 0.15) is 0 Å². The van der Waals surface area contributed by atoms with Crippen molar-refractivity contribution in [2.75, 3.05) is 27.3 Å². The van der Waals surface area contributed by atoms with Crippen molar-refractivity contribution in [2.24, 2.45) is 5.92 Å². The number of nitrogens with one attached hydrogen (secondary N) is 1. The molecule has 1 saturated carbocycles. The maximum absolute atomic E-state index is 11.7. The fraction of sp³-hybridized carbons (Fsp3) is 0.917. The molecule has 16 heavy (non-hydrogen) atoms. The average Bonchev–Trinajstić information content (AvgIpc) is 2.99. The van der Waals surface area contributed by atoms with Crippen LogP contribution in [0.1, 0.15) is 26.7 Å². The van der Waals surface area contributed by atoms with Crippen molar-refractivity contribution in [3.63, 3.8) is 0 Å². The lowest BCUT2D eigenvalue weighted by Crippen LogP contribution is -2.44. The van der Waals surface area contributed by atoms with Gasteiger partial charge in [0.25, 0.3) is 0 Å². The van der Waals surface area contributed by atoms with Crippen molar-refractivity contribution >= 4 is 5.91 Å². The number of hydrogen-bond acceptors (Lipinski definition) is 3. The number of nitrogens with zero attached hydrogens (tertiary/aromatic N) is 1. The van der Waals surface area contributed by atoms with E-state index in [1.807, 2.05) is 14.0 Å². The van der Waals surface area contributed by atoms with E-state index in [9.17, 15) is 4.79 Å². The lowest BCUT2D eigenvalue weighted by Gasteiger charge is -2.24. The number of carbonyl (C=O) groups excluding carboxylic acids is 1. The molecule has 1 amide bonds. The number of carbonyl (C=O) groups is 1. The Kier molecular flexibility index (Phi) is 5.22. The SMILES string of the molecule is COCC(C)NC(=O)CN(C)C(C)C1CC1. The molecule has 0 aromatic rings. The van der Waals surface area contributed by atoms with Gasteiger partial charge in [-0.25, -0.2) is 0 Å². The number of likely N-dealkylation sites (N-methyl/N-ethyl adjacent to an activating group) is 1. The third-order valence-electron chi connectivity index (χ3n) is 3.22. The first-order chi connectivity index (χ1) is 7.54. The van der Waals surface area contributed by atoms with Crippen LogP contribution >= 0.6 is 0 Å². The molecule has 0 radical (unpaired) electrons. The Morgan fingerprint density at radius 3 is 2.62 bits per heavy atom. The van der Waals surface area contributed by atoms with Crippen molar-refractivity contribution in [1.29, 1.82) is 0 Å². The Balaban J connectivity index is 2.21. The Morgan fingerprint density at radius 1 is 1.50 bits per heavy atom. The Hall–Kier alpha value is -0.610. The highest BCUT2D eigenvalue weighted by Crippen LogP contribution is 2.34. The van der Waals surface area contributed by atoms with E-state index in [0.717, 1.165) is 5.92 Å². The van der Waals surface area contributed by atoms with Gasteiger partial charge in [-0.3, -0.25) is 9.69 Å². The molecular formula is C12H24N2O2. The molecule has 0 spiro atoms. The second kappa shape index (κ2) is 6.21. The zero-order chi connectivity index (χ0) is 12.1. The predicted octanol–water partition coefficient (Wildman–Crippen LogP) is 0.868. The van der Waals surface area contributed by atoms with Crippen LogP contribution in [0, 0.1) is 5.92 Å². The lowest BCUT2D eigenvalue weighted by atomic mass is 10.2. The summed E-state index contributed by atoms with van der Waals surface area (Å²) in [6.07, 6.45) is 2.63. The van der Waals surface area contributed by atoms with Gasteiger partial charge >= 0.3 is 0 Å². The van der Waals surface area contributed by atoms with Crippen molar-refractivity contribution in [1.82, 2.24) is 10.2 Å². The van der Waals surface area contributed by atoms with Crippen molar-refractivity contribution in [2.45, 2.75) is 38.8 Å². The van der Waals surface area contributed by atoms with Gasteiger partial charge in [0.15, 0.2) is 0 Å². The average molecular weight is 228 g/mol. The van der Waals surface area contributed by atoms with Crippen LogP contribution in [0.2, 0.25) is 0 Å². The second-order valence-corrected chi connectivity index (χ2v) is 4.92. The zero-order valence-corrected chi connectivity index (χ0v) is 10.8. The molecule has 2 atom stereocenters. The summed E-state index contributed by atoms with van der Waals surface area (Å²) in [4.78, 5) is 13.8. The zero-order valence-electron chi connectivity index (χ0n) is 10.8. The molecule has 0 aromatic heterocycles. The minimum absolute atomic E-state index is 0.0829. The molecule has 94 valence electrons. The van der Waals surface area contributed by atoms with Gasteiger partial charge in [0.2, 0.25) is 5.91 Å². The van der Waals surface area contributed by atoms with E-state index in [1.54, 1.807) is 7.11 Å². The predicted molar refractivity (Wildman–Crippen MR) is 64.3 cm³/mol. The van der Waals surface area contributed by atoms with Gasteiger partial charge in [0, 0.05) is 19.2 Å². The first-order valence-electron chi connectivity index (χ1n) is 6.03. The summed E-state index contributed by atoms with van der Waals surface area (Å²) in [5, 5.41) is 2.92. The van der Waals surface area contributed by atoms with E-state index in [2.05, 4.69) is 17.1 Å². The highest BCUT2D eigenvalue weighted by Gasteiger charge is 2.31. The van der Waals surface area contributed by atoms with Gasteiger partial charge in [-0.15, -0.1) is 0 Å². The van der Waals surface area contributed by atoms with Crippen molar-refractivity contribution in [3.05, 3.63) is 0 Å². The fourth-order valence-electron chi connectivity index (χ4n) is 1.92. The van der Waals surface area contributed by atoms with Gasteiger partial charge in [-0.2, -0.15) is 0 Å². The summed E-state index contributed by atoms with van der Waals surface area (Å²) in [6, 6.07) is 0.602. The third-order valence-corrected chi connectivity index (χ3v) is 3.22. The molecule has 4 heteroatoms. The molecule has 1 aliphatic rings. The van der Waals surface area contributed by atoms with Crippen LogP contribution in [0.25, 0.3) is 0 Å². The molecular weight excluding hydrogens is 204 g/mol. The van der Waals surface area contributed by atoms with Crippen molar-refractivity contribution < 1.29 is 9.53 Å². The van der Waals surface area contributed by atoms with Gasteiger partial charge < -0.3 is 10.1 Å². The molecule has 0 heterocycles. The van der Waals surface area contributed by atoms with Crippen LogP contribution in [0.3, 0.4) is 0 Å². The van der Waals surface area contributed by atoms with Crippen LogP contribution in [0.15, 0.2) is 0 Å². The maximum atomic E-state index is 11.7. The molecule has 0 saturated heterocycles. The fourth-order valence-corrected chi connectivity index (χ4v) is 1.92. The van der Waals surface area contributed by atoms with Gasteiger partial charge in [0.05, 0.1) is 13.2 Å². The minimum Gasteiger partial charge on any atom is -0.383 e. The van der Waals surface area contributed by atoms with E-state index in [4.69, 9.17) is 4.74 Å². The monoisotopic (exact) mass is 228 g/mol. The first kappa shape index (κ1) is 13.5. The van der Waals surface area contributed by atoms with Crippen LogP contribution in [-0.4, -0.2) is 50.2 Å². The third kappa shape index (κ3) is 4.49. The molecule has 2 unspecified atom stereocenters. The van der Waals surface area contributed by atoms with Crippen LogP contribution < -0.4 is 5.32 Å². The standard InChI is InChI=1S/C12H24N2O2/c1-9(8-16-4)13-12(15)7-14(3)10(2)11-5-6-11/h9-11H,5-8H2,1-4H3,(H,13,15). The van der Waals surface area contributed by atoms with Crippen LogP contribution in [0.5, 0.6) is 0 Å². The normalized spacial score (nSPS) is 19.6. The number of amides is 1.